The average molecular weight is 262 g/mol. The lowest BCUT2D eigenvalue weighted by Gasteiger charge is -2.03. The molecule has 0 radical (unpaired) electrons. The number of carbonyl (C=O) groups excluding carboxylic acids is 1. The third-order valence-corrected chi connectivity index (χ3v) is 3.38. The van der Waals surface area contributed by atoms with E-state index in [4.69, 9.17) is 5.73 Å². The van der Waals surface area contributed by atoms with Gasteiger partial charge in [-0.15, -0.1) is 11.8 Å². The minimum atomic E-state index is -0.123. The molecule has 5 nitrogen and oxygen atoms in total. The Morgan fingerprint density at radius 3 is 2.78 bits per heavy atom. The Hall–Kier alpha value is -1.95. The van der Waals surface area contributed by atoms with Gasteiger partial charge in [-0.3, -0.25) is 9.89 Å². The predicted octanol–water partition coefficient (Wildman–Crippen LogP) is 2.03. The van der Waals surface area contributed by atoms with Gasteiger partial charge in [0.25, 0.3) is 0 Å². The Morgan fingerprint density at radius 1 is 1.44 bits per heavy atom. The first-order chi connectivity index (χ1) is 8.66. The van der Waals surface area contributed by atoms with Crippen molar-refractivity contribution >= 4 is 29.2 Å². The molecule has 1 aromatic carbocycles. The number of nitrogens with one attached hydrogen (secondary N) is 2. The lowest BCUT2D eigenvalue weighted by molar-refractivity contribution is -0.113. The Labute approximate surface area is 109 Å². The van der Waals surface area contributed by atoms with Gasteiger partial charge in [0.05, 0.1) is 17.1 Å². The number of aromatic amines is 1. The van der Waals surface area contributed by atoms with Crippen LogP contribution in [0.15, 0.2) is 35.2 Å². The van der Waals surface area contributed by atoms with Gasteiger partial charge < -0.3 is 11.1 Å². The maximum absolute atomic E-state index is 11.7. The van der Waals surface area contributed by atoms with Crippen molar-refractivity contribution in [3.05, 3.63) is 36.0 Å². The van der Waals surface area contributed by atoms with Gasteiger partial charge >= 0.3 is 0 Å². The van der Waals surface area contributed by atoms with Crippen LogP contribution in [-0.2, 0) is 4.79 Å². The summed E-state index contributed by atoms with van der Waals surface area (Å²) in [7, 11) is 0. The second-order valence-electron chi connectivity index (χ2n) is 3.76. The molecule has 18 heavy (non-hydrogen) atoms. The molecule has 0 fully saturated rings. The molecule has 0 atom stereocenters. The van der Waals surface area contributed by atoms with E-state index in [1.54, 1.807) is 6.92 Å². The molecule has 94 valence electrons. The molecule has 2 aromatic rings. The van der Waals surface area contributed by atoms with Gasteiger partial charge in [-0.1, -0.05) is 18.2 Å². The van der Waals surface area contributed by atoms with Crippen LogP contribution in [0.2, 0.25) is 0 Å². The number of nitrogens with zero attached hydrogens (tertiary/aromatic N) is 1. The highest BCUT2D eigenvalue weighted by atomic mass is 32.2. The molecule has 2 rings (SSSR count). The number of nitrogen functional groups attached to an aromatic ring is 1. The van der Waals surface area contributed by atoms with E-state index >= 15 is 0 Å². The molecule has 0 saturated heterocycles. The lowest BCUT2D eigenvalue weighted by atomic mass is 10.4. The third-order valence-electron chi connectivity index (χ3n) is 2.37. The SMILES string of the molecule is Cc1[nH]nc(NC(=O)CSc2ccccc2)c1N. The second-order valence-corrected chi connectivity index (χ2v) is 4.81. The summed E-state index contributed by atoms with van der Waals surface area (Å²) in [5.74, 6) is 0.600. The standard InChI is InChI=1S/C12H14N4OS/c1-8-11(13)12(16-15-8)14-10(17)7-18-9-5-3-2-4-6-9/h2-6H,7,13H2,1H3,(H2,14,15,16,17). The fraction of sp³-hybridized carbons (Fsp3) is 0.167. The minimum absolute atomic E-state index is 0.123. The van der Waals surface area contributed by atoms with Gasteiger partial charge in [-0.2, -0.15) is 5.10 Å². The fourth-order valence-electron chi connectivity index (χ4n) is 1.37. The van der Waals surface area contributed by atoms with E-state index in [1.807, 2.05) is 30.3 Å². The number of hydrogen-bond acceptors (Lipinski definition) is 4. The number of hydrogen-bond donors (Lipinski definition) is 3. The van der Waals surface area contributed by atoms with Crippen molar-refractivity contribution in [2.45, 2.75) is 11.8 Å². The largest absolute Gasteiger partial charge is 0.394 e. The molecule has 1 aromatic heterocycles. The van der Waals surface area contributed by atoms with E-state index in [2.05, 4.69) is 15.5 Å². The van der Waals surface area contributed by atoms with Crippen molar-refractivity contribution in [1.29, 1.82) is 0 Å². The number of carbonyl (C=O) groups is 1. The Balaban J connectivity index is 1.88. The van der Waals surface area contributed by atoms with Gasteiger partial charge in [-0.05, 0) is 19.1 Å². The van der Waals surface area contributed by atoms with E-state index in [9.17, 15) is 4.79 Å². The molecule has 0 aliphatic carbocycles. The molecule has 4 N–H and O–H groups in total. The lowest BCUT2D eigenvalue weighted by Crippen LogP contribution is -2.15. The van der Waals surface area contributed by atoms with Crippen LogP contribution in [0.3, 0.4) is 0 Å². The highest BCUT2D eigenvalue weighted by Crippen LogP contribution is 2.20. The molecule has 0 aliphatic heterocycles. The first-order valence-electron chi connectivity index (χ1n) is 5.45. The van der Waals surface area contributed by atoms with Gasteiger partial charge in [0.15, 0.2) is 5.82 Å². The van der Waals surface area contributed by atoms with E-state index in [0.29, 0.717) is 17.3 Å². The van der Waals surface area contributed by atoms with Crippen LogP contribution in [0.4, 0.5) is 11.5 Å². The van der Waals surface area contributed by atoms with Gasteiger partial charge in [-0.25, -0.2) is 0 Å². The van der Waals surface area contributed by atoms with Crippen molar-refractivity contribution < 1.29 is 4.79 Å². The summed E-state index contributed by atoms with van der Waals surface area (Å²) in [6, 6.07) is 9.75. The molecule has 0 aliphatic rings. The number of aryl methyl sites for hydroxylation is 1. The first-order valence-corrected chi connectivity index (χ1v) is 6.43. The number of rotatable bonds is 4. The summed E-state index contributed by atoms with van der Waals surface area (Å²) in [6.07, 6.45) is 0. The molecule has 6 heteroatoms. The Kier molecular flexibility index (Phi) is 3.88. The minimum Gasteiger partial charge on any atom is -0.394 e. The summed E-state index contributed by atoms with van der Waals surface area (Å²) < 4.78 is 0. The van der Waals surface area contributed by atoms with Crippen molar-refractivity contribution in [3.63, 3.8) is 0 Å². The Bertz CT molecular complexity index is 538. The van der Waals surface area contributed by atoms with Crippen LogP contribution in [0.1, 0.15) is 5.69 Å². The predicted molar refractivity (Wildman–Crippen MR) is 73.5 cm³/mol. The molecule has 0 unspecified atom stereocenters. The van der Waals surface area contributed by atoms with E-state index < -0.39 is 0 Å². The van der Waals surface area contributed by atoms with Crippen LogP contribution in [-0.4, -0.2) is 21.9 Å². The summed E-state index contributed by atoms with van der Waals surface area (Å²) in [5.41, 5.74) is 6.97. The van der Waals surface area contributed by atoms with E-state index in [-0.39, 0.29) is 5.91 Å². The number of benzene rings is 1. The zero-order valence-electron chi connectivity index (χ0n) is 9.93. The van der Waals surface area contributed by atoms with Crippen molar-refractivity contribution in [3.8, 4) is 0 Å². The molecular formula is C12H14N4OS. The maximum atomic E-state index is 11.7. The quantitative estimate of drug-likeness (QED) is 0.736. The first kappa shape index (κ1) is 12.5. The smallest absolute Gasteiger partial charge is 0.235 e. The van der Waals surface area contributed by atoms with Gasteiger partial charge in [0.1, 0.15) is 0 Å². The van der Waals surface area contributed by atoms with Crippen molar-refractivity contribution in [2.24, 2.45) is 0 Å². The van der Waals surface area contributed by atoms with Crippen molar-refractivity contribution in [1.82, 2.24) is 10.2 Å². The maximum Gasteiger partial charge on any atom is 0.235 e. The number of H-pyrrole nitrogens is 1. The molecule has 1 heterocycles. The Morgan fingerprint density at radius 2 is 2.17 bits per heavy atom. The van der Waals surface area contributed by atoms with Crippen LogP contribution in [0, 0.1) is 6.92 Å². The fourth-order valence-corrected chi connectivity index (χ4v) is 2.09. The second kappa shape index (κ2) is 5.59. The van der Waals surface area contributed by atoms with Crippen molar-refractivity contribution in [2.75, 3.05) is 16.8 Å². The highest BCUT2D eigenvalue weighted by molar-refractivity contribution is 8.00. The number of thioether (sulfide) groups is 1. The normalized spacial score (nSPS) is 10.3. The third kappa shape index (κ3) is 3.04. The summed E-state index contributed by atoms with van der Waals surface area (Å²) in [4.78, 5) is 12.8. The zero-order valence-corrected chi connectivity index (χ0v) is 10.8. The highest BCUT2D eigenvalue weighted by Gasteiger charge is 2.10. The average Bonchev–Trinajstić information content (AvgIpc) is 2.70. The van der Waals surface area contributed by atoms with Gasteiger partial charge in [0.2, 0.25) is 5.91 Å². The molecular weight excluding hydrogens is 248 g/mol. The van der Waals surface area contributed by atoms with Crippen LogP contribution in [0.5, 0.6) is 0 Å². The topological polar surface area (TPSA) is 83.8 Å². The number of anilines is 2. The van der Waals surface area contributed by atoms with Crippen LogP contribution in [0.25, 0.3) is 0 Å². The van der Waals surface area contributed by atoms with E-state index in [0.717, 1.165) is 10.6 Å². The number of amides is 1. The van der Waals surface area contributed by atoms with Gasteiger partial charge in [0, 0.05) is 4.90 Å². The monoisotopic (exact) mass is 262 g/mol. The summed E-state index contributed by atoms with van der Waals surface area (Å²) >= 11 is 1.47. The number of nitrogens with two attached hydrogens (primary N) is 1. The zero-order chi connectivity index (χ0) is 13.0. The number of aromatic nitrogens is 2. The molecule has 0 spiro atoms. The molecule has 0 bridgehead atoms. The summed E-state index contributed by atoms with van der Waals surface area (Å²) in [6.45, 7) is 1.80. The van der Waals surface area contributed by atoms with Crippen LogP contribution >= 0.6 is 11.8 Å². The molecule has 0 saturated carbocycles. The van der Waals surface area contributed by atoms with E-state index in [1.165, 1.54) is 11.8 Å². The summed E-state index contributed by atoms with van der Waals surface area (Å²) in [5, 5.41) is 9.31. The molecule has 1 amide bonds. The van der Waals surface area contributed by atoms with Crippen LogP contribution < -0.4 is 11.1 Å².